The Morgan fingerprint density at radius 3 is 2.56 bits per heavy atom. The first kappa shape index (κ1) is 13.1. The van der Waals surface area contributed by atoms with Crippen molar-refractivity contribution in [1.29, 1.82) is 0 Å². The van der Waals surface area contributed by atoms with Crippen molar-refractivity contribution < 1.29 is 9.59 Å². The van der Waals surface area contributed by atoms with Crippen molar-refractivity contribution >= 4 is 27.9 Å². The van der Waals surface area contributed by atoms with Gasteiger partial charge in [-0.05, 0) is 25.0 Å². The molecule has 1 aliphatic heterocycles. The number of urea groups is 1. The molecule has 3 amide bonds. The van der Waals surface area contributed by atoms with Gasteiger partial charge >= 0.3 is 6.03 Å². The van der Waals surface area contributed by atoms with Crippen LogP contribution in [-0.2, 0) is 11.3 Å². The minimum atomic E-state index is -0.766. The molecule has 0 bridgehead atoms. The highest BCUT2D eigenvalue weighted by Gasteiger charge is 2.46. The van der Waals surface area contributed by atoms with Gasteiger partial charge in [0.05, 0.1) is 6.54 Å². The van der Waals surface area contributed by atoms with Crippen LogP contribution in [0.15, 0.2) is 28.7 Å². The number of carbonyl (C=O) groups is 2. The van der Waals surface area contributed by atoms with Crippen molar-refractivity contribution in [3.05, 3.63) is 34.3 Å². The predicted octanol–water partition coefficient (Wildman–Crippen LogP) is 2.67. The Labute approximate surface area is 114 Å². The topological polar surface area (TPSA) is 49.4 Å². The van der Waals surface area contributed by atoms with Gasteiger partial charge < -0.3 is 5.32 Å². The average Bonchev–Trinajstić information content (AvgIpc) is 2.56. The fourth-order valence-electron chi connectivity index (χ4n) is 1.93. The highest BCUT2D eigenvalue weighted by molar-refractivity contribution is 9.10. The van der Waals surface area contributed by atoms with E-state index in [-0.39, 0.29) is 11.9 Å². The highest BCUT2D eigenvalue weighted by atomic mass is 79.9. The van der Waals surface area contributed by atoms with Crippen molar-refractivity contribution in [1.82, 2.24) is 10.2 Å². The summed E-state index contributed by atoms with van der Waals surface area (Å²) in [5.41, 5.74) is 0.152. The molecule has 1 heterocycles. The summed E-state index contributed by atoms with van der Waals surface area (Å²) in [5, 5.41) is 2.74. The number of hydrogen-bond donors (Lipinski definition) is 1. The van der Waals surface area contributed by atoms with Crippen LogP contribution in [0, 0.1) is 0 Å². The minimum Gasteiger partial charge on any atom is -0.323 e. The van der Waals surface area contributed by atoms with Crippen LogP contribution in [0.4, 0.5) is 4.79 Å². The Kier molecular flexibility index (Phi) is 3.43. The Morgan fingerprint density at radius 2 is 2.00 bits per heavy atom. The maximum absolute atomic E-state index is 12.2. The fraction of sp³-hybridized carbons (Fsp3) is 0.385. The zero-order valence-corrected chi connectivity index (χ0v) is 12.0. The van der Waals surface area contributed by atoms with Crippen molar-refractivity contribution in [3.8, 4) is 0 Å². The monoisotopic (exact) mass is 310 g/mol. The summed E-state index contributed by atoms with van der Waals surface area (Å²) in [6.45, 7) is 3.94. The SMILES string of the molecule is CCC1(C)NC(=O)N(Cc2ccccc2Br)C1=O. The average molecular weight is 311 g/mol. The first-order valence-corrected chi connectivity index (χ1v) is 6.65. The third-order valence-electron chi connectivity index (χ3n) is 3.34. The van der Waals surface area contributed by atoms with Crippen molar-refractivity contribution in [2.75, 3.05) is 0 Å². The molecule has 4 nitrogen and oxygen atoms in total. The second kappa shape index (κ2) is 4.72. The third kappa shape index (κ3) is 2.14. The lowest BCUT2D eigenvalue weighted by molar-refractivity contribution is -0.131. The van der Waals surface area contributed by atoms with E-state index in [1.807, 2.05) is 31.2 Å². The molecule has 0 aliphatic carbocycles. The molecule has 1 aromatic rings. The first-order chi connectivity index (χ1) is 8.48. The van der Waals surface area contributed by atoms with Crippen LogP contribution < -0.4 is 5.32 Å². The summed E-state index contributed by atoms with van der Waals surface area (Å²) >= 11 is 3.42. The molecule has 5 heteroatoms. The van der Waals surface area contributed by atoms with Crippen molar-refractivity contribution in [2.45, 2.75) is 32.4 Å². The molecule has 0 spiro atoms. The van der Waals surface area contributed by atoms with Gasteiger partial charge in [-0.2, -0.15) is 0 Å². The maximum Gasteiger partial charge on any atom is 0.325 e. The summed E-state index contributed by atoms with van der Waals surface area (Å²) in [7, 11) is 0. The van der Waals surface area contributed by atoms with E-state index in [1.165, 1.54) is 4.90 Å². The van der Waals surface area contributed by atoms with Crippen molar-refractivity contribution in [3.63, 3.8) is 0 Å². The van der Waals surface area contributed by atoms with Gasteiger partial charge in [-0.15, -0.1) is 0 Å². The van der Waals surface area contributed by atoms with Crippen LogP contribution in [0.1, 0.15) is 25.8 Å². The Balaban J connectivity index is 2.23. The molecule has 0 saturated carbocycles. The number of nitrogens with zero attached hydrogens (tertiary/aromatic N) is 1. The molecule has 1 saturated heterocycles. The van der Waals surface area contributed by atoms with Gasteiger partial charge in [0.2, 0.25) is 0 Å². The van der Waals surface area contributed by atoms with Gasteiger partial charge in [-0.1, -0.05) is 41.1 Å². The Morgan fingerprint density at radius 1 is 1.33 bits per heavy atom. The lowest BCUT2D eigenvalue weighted by Gasteiger charge is -2.19. The minimum absolute atomic E-state index is 0.161. The van der Waals surface area contributed by atoms with E-state index >= 15 is 0 Å². The number of benzene rings is 1. The quantitative estimate of drug-likeness (QED) is 0.873. The number of carbonyl (C=O) groups excluding carboxylic acids is 2. The molecule has 1 fully saturated rings. The second-order valence-electron chi connectivity index (χ2n) is 4.60. The van der Waals surface area contributed by atoms with Gasteiger partial charge in [-0.3, -0.25) is 9.69 Å². The van der Waals surface area contributed by atoms with Crippen molar-refractivity contribution in [2.24, 2.45) is 0 Å². The molecule has 1 atom stereocenters. The number of rotatable bonds is 3. The Hall–Kier alpha value is -1.36. The molecule has 1 N–H and O–H groups in total. The Bertz CT molecular complexity index is 504. The molecule has 96 valence electrons. The maximum atomic E-state index is 12.2. The normalized spacial score (nSPS) is 23.4. The molecular weight excluding hydrogens is 296 g/mol. The first-order valence-electron chi connectivity index (χ1n) is 5.85. The highest BCUT2D eigenvalue weighted by Crippen LogP contribution is 2.25. The van der Waals surface area contributed by atoms with Crippen LogP contribution in [0.25, 0.3) is 0 Å². The van der Waals surface area contributed by atoms with E-state index in [2.05, 4.69) is 21.2 Å². The summed E-state index contributed by atoms with van der Waals surface area (Å²) in [6.07, 6.45) is 0.587. The lowest BCUT2D eigenvalue weighted by Crippen LogP contribution is -2.43. The van der Waals surface area contributed by atoms with Gasteiger partial charge in [0.1, 0.15) is 5.54 Å². The van der Waals surface area contributed by atoms with Gasteiger partial charge in [0, 0.05) is 4.47 Å². The second-order valence-corrected chi connectivity index (χ2v) is 5.45. The fourth-order valence-corrected chi connectivity index (χ4v) is 2.34. The standard InChI is InChI=1S/C13H15BrN2O2/c1-3-13(2)11(17)16(12(18)15-13)8-9-6-4-5-7-10(9)14/h4-7H,3,8H2,1-2H3,(H,15,18). The molecule has 1 aromatic carbocycles. The summed E-state index contributed by atoms with van der Waals surface area (Å²) in [4.78, 5) is 25.3. The lowest BCUT2D eigenvalue weighted by atomic mass is 9.99. The number of hydrogen-bond acceptors (Lipinski definition) is 2. The molecule has 18 heavy (non-hydrogen) atoms. The van der Waals surface area contributed by atoms with E-state index in [4.69, 9.17) is 0 Å². The van der Waals surface area contributed by atoms with E-state index in [9.17, 15) is 9.59 Å². The summed E-state index contributed by atoms with van der Waals surface area (Å²) in [6, 6.07) is 7.26. The molecule has 1 aliphatic rings. The van der Waals surface area contributed by atoms with Gasteiger partial charge in [0.25, 0.3) is 5.91 Å². The third-order valence-corrected chi connectivity index (χ3v) is 4.11. The van der Waals surface area contributed by atoms with E-state index in [0.717, 1.165) is 10.0 Å². The largest absolute Gasteiger partial charge is 0.325 e. The summed E-state index contributed by atoms with van der Waals surface area (Å²) < 4.78 is 0.899. The number of imide groups is 1. The molecule has 2 rings (SSSR count). The van der Waals surface area contributed by atoms with Crippen LogP contribution >= 0.6 is 15.9 Å². The molecule has 0 aromatic heterocycles. The molecule has 0 radical (unpaired) electrons. The summed E-state index contributed by atoms with van der Waals surface area (Å²) in [5.74, 6) is -0.161. The van der Waals surface area contributed by atoms with E-state index in [0.29, 0.717) is 13.0 Å². The number of amides is 3. The van der Waals surface area contributed by atoms with Crippen LogP contribution in [0.2, 0.25) is 0 Å². The predicted molar refractivity (Wildman–Crippen MR) is 71.9 cm³/mol. The van der Waals surface area contributed by atoms with E-state index < -0.39 is 5.54 Å². The van der Waals surface area contributed by atoms with Gasteiger partial charge in [0.15, 0.2) is 0 Å². The van der Waals surface area contributed by atoms with Gasteiger partial charge in [-0.25, -0.2) is 4.79 Å². The zero-order valence-electron chi connectivity index (χ0n) is 10.4. The zero-order chi connectivity index (χ0) is 13.3. The van der Waals surface area contributed by atoms with Crippen LogP contribution in [0.5, 0.6) is 0 Å². The smallest absolute Gasteiger partial charge is 0.323 e. The number of nitrogens with one attached hydrogen (secondary N) is 1. The molecular formula is C13H15BrN2O2. The number of halogens is 1. The van der Waals surface area contributed by atoms with E-state index in [1.54, 1.807) is 6.92 Å². The molecule has 1 unspecified atom stereocenters. The van der Waals surface area contributed by atoms with Crippen LogP contribution in [-0.4, -0.2) is 22.4 Å². The van der Waals surface area contributed by atoms with Crippen LogP contribution in [0.3, 0.4) is 0 Å².